The van der Waals surface area contributed by atoms with Crippen molar-refractivity contribution in [3.05, 3.63) is 36.0 Å². The van der Waals surface area contributed by atoms with Crippen molar-refractivity contribution in [3.8, 4) is 0 Å². The summed E-state index contributed by atoms with van der Waals surface area (Å²) in [6.07, 6.45) is 9.95. The standard InChI is InChI=1S/C18H26O4.C5H8O2/c1-12(16(19)20)11-18(13(2)17(21)22,14-7-3-4-8-14)15-9-5-6-10-15;1-4(2)5(6)7-3/h11,14-15H,2-10H2,1H3,(H,19,20)(H,21,22);1H2,2-3H3. The summed E-state index contributed by atoms with van der Waals surface area (Å²) >= 11 is 0. The molecule has 0 saturated heterocycles. The summed E-state index contributed by atoms with van der Waals surface area (Å²) in [7, 11) is 1.33. The van der Waals surface area contributed by atoms with Crippen LogP contribution in [0, 0.1) is 17.3 Å². The van der Waals surface area contributed by atoms with Crippen LogP contribution in [0.2, 0.25) is 0 Å². The summed E-state index contributed by atoms with van der Waals surface area (Å²) in [5, 5.41) is 18.9. The number of ether oxygens (including phenoxy) is 1. The second-order valence-electron chi connectivity index (χ2n) is 8.08. The lowest BCUT2D eigenvalue weighted by Crippen LogP contribution is -2.39. The minimum atomic E-state index is -0.992. The molecule has 0 unspecified atom stereocenters. The van der Waals surface area contributed by atoms with Gasteiger partial charge in [0.1, 0.15) is 0 Å². The molecule has 0 aromatic rings. The number of carbonyl (C=O) groups is 3. The lowest BCUT2D eigenvalue weighted by atomic mass is 9.60. The van der Waals surface area contributed by atoms with E-state index in [9.17, 15) is 24.6 Å². The maximum absolute atomic E-state index is 11.7. The molecule has 2 fully saturated rings. The van der Waals surface area contributed by atoms with Crippen LogP contribution in [0.25, 0.3) is 0 Å². The highest BCUT2D eigenvalue weighted by molar-refractivity contribution is 5.90. The van der Waals surface area contributed by atoms with Crippen molar-refractivity contribution in [1.29, 1.82) is 0 Å². The molecule has 0 aromatic heterocycles. The molecule has 0 heterocycles. The molecule has 0 atom stereocenters. The summed E-state index contributed by atoms with van der Waals surface area (Å²) in [6.45, 7) is 10.4. The van der Waals surface area contributed by atoms with Crippen LogP contribution in [0.3, 0.4) is 0 Å². The lowest BCUT2D eigenvalue weighted by molar-refractivity contribution is -0.136. The monoisotopic (exact) mass is 406 g/mol. The first kappa shape index (κ1) is 24.7. The first-order chi connectivity index (χ1) is 13.6. The first-order valence-corrected chi connectivity index (χ1v) is 10.2. The van der Waals surface area contributed by atoms with Crippen molar-refractivity contribution in [2.45, 2.75) is 65.2 Å². The Morgan fingerprint density at radius 2 is 1.31 bits per heavy atom. The quantitative estimate of drug-likeness (QED) is 0.467. The molecular weight excluding hydrogens is 372 g/mol. The molecule has 6 nitrogen and oxygen atoms in total. The minimum absolute atomic E-state index is 0.187. The molecule has 162 valence electrons. The highest BCUT2D eigenvalue weighted by atomic mass is 16.5. The molecule has 0 radical (unpaired) electrons. The molecule has 0 spiro atoms. The number of hydrogen-bond acceptors (Lipinski definition) is 4. The van der Waals surface area contributed by atoms with Crippen molar-refractivity contribution in [2.24, 2.45) is 17.3 Å². The topological polar surface area (TPSA) is 101 Å². The van der Waals surface area contributed by atoms with Crippen LogP contribution >= 0.6 is 0 Å². The van der Waals surface area contributed by atoms with Gasteiger partial charge in [0, 0.05) is 22.1 Å². The van der Waals surface area contributed by atoms with Crippen molar-refractivity contribution >= 4 is 17.9 Å². The van der Waals surface area contributed by atoms with Gasteiger partial charge in [-0.1, -0.05) is 44.9 Å². The van der Waals surface area contributed by atoms with E-state index >= 15 is 0 Å². The summed E-state index contributed by atoms with van der Waals surface area (Å²) in [6, 6.07) is 0. The summed E-state index contributed by atoms with van der Waals surface area (Å²) in [4.78, 5) is 33.3. The molecular formula is C23H34O6. The number of carbonyl (C=O) groups excluding carboxylic acids is 1. The maximum Gasteiger partial charge on any atom is 0.332 e. The Morgan fingerprint density at radius 3 is 1.55 bits per heavy atom. The number of hydrogen-bond donors (Lipinski definition) is 2. The molecule has 0 amide bonds. The van der Waals surface area contributed by atoms with E-state index in [1.165, 1.54) is 7.11 Å². The molecule has 2 aliphatic rings. The maximum atomic E-state index is 11.7. The molecule has 2 rings (SSSR count). The van der Waals surface area contributed by atoms with Gasteiger partial charge in [-0.2, -0.15) is 0 Å². The van der Waals surface area contributed by atoms with Crippen molar-refractivity contribution in [3.63, 3.8) is 0 Å². The van der Waals surface area contributed by atoms with Gasteiger partial charge in [0.2, 0.25) is 0 Å². The zero-order valence-corrected chi connectivity index (χ0v) is 17.8. The van der Waals surface area contributed by atoms with E-state index in [4.69, 9.17) is 0 Å². The Labute approximate surface area is 173 Å². The van der Waals surface area contributed by atoms with Crippen LogP contribution in [0.15, 0.2) is 36.0 Å². The summed E-state index contributed by atoms with van der Waals surface area (Å²) < 4.78 is 4.27. The number of carboxylic acid groups (broad SMARTS) is 2. The Balaban J connectivity index is 0.000000516. The fourth-order valence-corrected chi connectivity index (χ4v) is 4.74. The number of esters is 1. The summed E-state index contributed by atoms with van der Waals surface area (Å²) in [5.74, 6) is -1.91. The molecule has 6 heteroatoms. The van der Waals surface area contributed by atoms with E-state index in [-0.39, 0.29) is 29.0 Å². The van der Waals surface area contributed by atoms with Gasteiger partial charge >= 0.3 is 17.9 Å². The summed E-state index contributed by atoms with van der Waals surface area (Å²) in [5.41, 5.74) is 0.164. The highest BCUT2D eigenvalue weighted by Crippen LogP contribution is 2.55. The largest absolute Gasteiger partial charge is 0.478 e. The lowest BCUT2D eigenvalue weighted by Gasteiger charge is -2.42. The third-order valence-corrected chi connectivity index (χ3v) is 6.17. The van der Waals surface area contributed by atoms with Crippen LogP contribution in [0.1, 0.15) is 65.2 Å². The fourth-order valence-electron chi connectivity index (χ4n) is 4.74. The van der Waals surface area contributed by atoms with Crippen LogP contribution < -0.4 is 0 Å². The Morgan fingerprint density at radius 1 is 0.897 bits per heavy atom. The SMILES string of the molecule is C=C(C(=O)O)C(C=C(C)C(=O)O)(C1CCCC1)C1CCCC1.C=C(C)C(=O)OC. The highest BCUT2D eigenvalue weighted by Gasteiger charge is 2.49. The van der Waals surface area contributed by atoms with E-state index in [2.05, 4.69) is 17.9 Å². The Bertz CT molecular complexity index is 659. The molecule has 0 aliphatic heterocycles. The van der Waals surface area contributed by atoms with Gasteiger partial charge in [0.05, 0.1) is 7.11 Å². The Kier molecular flexibility index (Phi) is 9.34. The van der Waals surface area contributed by atoms with E-state index in [0.29, 0.717) is 5.57 Å². The molecule has 29 heavy (non-hydrogen) atoms. The number of methoxy groups -OCH3 is 1. The van der Waals surface area contributed by atoms with E-state index in [1.54, 1.807) is 19.9 Å². The van der Waals surface area contributed by atoms with Crippen LogP contribution in [0.5, 0.6) is 0 Å². The number of rotatable bonds is 7. The van der Waals surface area contributed by atoms with Gasteiger partial charge < -0.3 is 14.9 Å². The first-order valence-electron chi connectivity index (χ1n) is 10.2. The van der Waals surface area contributed by atoms with Gasteiger partial charge in [-0.25, -0.2) is 14.4 Å². The van der Waals surface area contributed by atoms with Crippen LogP contribution in [-0.2, 0) is 19.1 Å². The molecule has 2 aliphatic carbocycles. The van der Waals surface area contributed by atoms with E-state index in [1.807, 2.05) is 0 Å². The number of allylic oxidation sites excluding steroid dienone is 1. The molecule has 2 N–H and O–H groups in total. The Hall–Kier alpha value is -2.37. The van der Waals surface area contributed by atoms with Crippen LogP contribution in [-0.4, -0.2) is 35.2 Å². The van der Waals surface area contributed by atoms with Crippen molar-refractivity contribution in [2.75, 3.05) is 7.11 Å². The predicted molar refractivity (Wildman–Crippen MR) is 111 cm³/mol. The second kappa shape index (κ2) is 11.0. The van der Waals surface area contributed by atoms with Crippen LogP contribution in [0.4, 0.5) is 0 Å². The zero-order valence-electron chi connectivity index (χ0n) is 17.8. The normalized spacial score (nSPS) is 18.0. The van der Waals surface area contributed by atoms with Gasteiger partial charge in [-0.05, 0) is 51.4 Å². The van der Waals surface area contributed by atoms with Crippen molar-refractivity contribution in [1.82, 2.24) is 0 Å². The third kappa shape index (κ3) is 6.05. The zero-order chi connectivity index (χ0) is 22.2. The van der Waals surface area contributed by atoms with Gasteiger partial charge in [-0.15, -0.1) is 0 Å². The van der Waals surface area contributed by atoms with E-state index in [0.717, 1.165) is 51.4 Å². The smallest absolute Gasteiger partial charge is 0.332 e. The van der Waals surface area contributed by atoms with Gasteiger partial charge in [0.25, 0.3) is 0 Å². The molecule has 0 aromatic carbocycles. The molecule has 2 saturated carbocycles. The van der Waals surface area contributed by atoms with Gasteiger partial charge in [-0.3, -0.25) is 0 Å². The average Bonchev–Trinajstić information content (AvgIpc) is 3.39. The van der Waals surface area contributed by atoms with E-state index < -0.39 is 17.4 Å². The second-order valence-corrected chi connectivity index (χ2v) is 8.08. The minimum Gasteiger partial charge on any atom is -0.478 e. The third-order valence-electron chi connectivity index (χ3n) is 6.17. The molecule has 0 bridgehead atoms. The van der Waals surface area contributed by atoms with Crippen molar-refractivity contribution < 1.29 is 29.3 Å². The number of carboxylic acids is 2. The number of aliphatic carboxylic acids is 2. The fraction of sp³-hybridized carbons (Fsp3) is 0.609. The van der Waals surface area contributed by atoms with Gasteiger partial charge in [0.15, 0.2) is 0 Å². The predicted octanol–water partition coefficient (Wildman–Crippen LogP) is 4.76. The average molecular weight is 407 g/mol.